The fraction of sp³-hybridized carbons (Fsp3) is 0.318. The number of likely N-dealkylation sites (tertiary alicyclic amines) is 1. The number of amides is 2. The van der Waals surface area contributed by atoms with Gasteiger partial charge in [0.15, 0.2) is 0 Å². The Morgan fingerprint density at radius 3 is 2.66 bits per heavy atom. The first-order valence-corrected chi connectivity index (χ1v) is 9.92. The van der Waals surface area contributed by atoms with Crippen molar-refractivity contribution in [1.29, 1.82) is 0 Å². The van der Waals surface area contributed by atoms with Crippen LogP contribution < -0.4 is 11.1 Å². The molecule has 3 aromatic rings. The quantitative estimate of drug-likeness (QED) is 0.715. The standard InChI is InChI=1S/C22H25N5O2/c1-26-13-4-2-3-8-19(26)22(29)24-16-9-11-17(12-10-16)27-14-15-6-5-7-18(21(23)28)20(15)25-27/h5-7,9-12,14,19H,2-4,8,13H2,1H3,(H2,23,28)(H,24,29). The van der Waals surface area contributed by atoms with Crippen molar-refractivity contribution in [1.82, 2.24) is 14.7 Å². The lowest BCUT2D eigenvalue weighted by molar-refractivity contribution is -0.120. The molecule has 150 valence electrons. The van der Waals surface area contributed by atoms with Gasteiger partial charge in [0, 0.05) is 17.3 Å². The van der Waals surface area contributed by atoms with Crippen LogP contribution in [0.25, 0.3) is 16.6 Å². The molecule has 2 heterocycles. The van der Waals surface area contributed by atoms with E-state index in [4.69, 9.17) is 5.73 Å². The van der Waals surface area contributed by atoms with Crippen LogP contribution in [0.1, 0.15) is 36.0 Å². The number of primary amides is 1. The first kappa shape index (κ1) is 19.1. The van der Waals surface area contributed by atoms with Crippen LogP contribution >= 0.6 is 0 Å². The van der Waals surface area contributed by atoms with E-state index in [1.807, 2.05) is 43.6 Å². The maximum Gasteiger partial charge on any atom is 0.250 e. The van der Waals surface area contributed by atoms with E-state index in [1.165, 1.54) is 6.42 Å². The van der Waals surface area contributed by atoms with E-state index in [0.717, 1.165) is 42.6 Å². The minimum Gasteiger partial charge on any atom is -0.366 e. The summed E-state index contributed by atoms with van der Waals surface area (Å²) < 4.78 is 1.71. The summed E-state index contributed by atoms with van der Waals surface area (Å²) in [5, 5.41) is 8.38. The number of hydrogen-bond donors (Lipinski definition) is 2. The van der Waals surface area contributed by atoms with E-state index in [-0.39, 0.29) is 11.9 Å². The van der Waals surface area contributed by atoms with E-state index >= 15 is 0 Å². The summed E-state index contributed by atoms with van der Waals surface area (Å²) in [5.41, 5.74) is 8.01. The number of rotatable bonds is 4. The number of anilines is 1. The predicted octanol–water partition coefficient (Wildman–Crippen LogP) is 2.94. The molecule has 0 bridgehead atoms. The van der Waals surface area contributed by atoms with Crippen LogP contribution in [0.5, 0.6) is 0 Å². The second kappa shape index (κ2) is 8.05. The van der Waals surface area contributed by atoms with Gasteiger partial charge in [-0.3, -0.25) is 14.5 Å². The van der Waals surface area contributed by atoms with Gasteiger partial charge in [-0.15, -0.1) is 0 Å². The summed E-state index contributed by atoms with van der Waals surface area (Å²) in [6.07, 6.45) is 6.16. The van der Waals surface area contributed by atoms with Gasteiger partial charge in [-0.05, 0) is 56.8 Å². The zero-order valence-electron chi connectivity index (χ0n) is 16.5. The van der Waals surface area contributed by atoms with E-state index in [1.54, 1.807) is 16.8 Å². The summed E-state index contributed by atoms with van der Waals surface area (Å²) in [6.45, 7) is 0.956. The van der Waals surface area contributed by atoms with Gasteiger partial charge in [0.1, 0.15) is 5.52 Å². The largest absolute Gasteiger partial charge is 0.366 e. The molecule has 0 aliphatic carbocycles. The lowest BCUT2D eigenvalue weighted by atomic mass is 10.1. The number of fused-ring (bicyclic) bond motifs is 1. The number of benzene rings is 2. The normalized spacial score (nSPS) is 17.8. The highest BCUT2D eigenvalue weighted by atomic mass is 16.2. The average Bonchev–Trinajstić information content (AvgIpc) is 3.03. The van der Waals surface area contributed by atoms with Crippen LogP contribution in [-0.2, 0) is 4.79 Å². The molecule has 4 rings (SSSR count). The molecule has 1 aliphatic rings. The van der Waals surface area contributed by atoms with Crippen LogP contribution in [0.2, 0.25) is 0 Å². The number of carbonyl (C=O) groups excluding carboxylic acids is 2. The molecule has 0 radical (unpaired) electrons. The summed E-state index contributed by atoms with van der Waals surface area (Å²) in [5.74, 6) is -0.458. The van der Waals surface area contributed by atoms with Gasteiger partial charge in [0.2, 0.25) is 5.91 Å². The molecule has 2 amide bonds. The van der Waals surface area contributed by atoms with Crippen molar-refractivity contribution in [3.8, 4) is 5.69 Å². The predicted molar refractivity (Wildman–Crippen MR) is 113 cm³/mol. The van der Waals surface area contributed by atoms with E-state index < -0.39 is 5.91 Å². The van der Waals surface area contributed by atoms with Crippen LogP contribution in [-0.4, -0.2) is 46.1 Å². The minimum atomic E-state index is -0.498. The SMILES string of the molecule is CN1CCCCCC1C(=O)Nc1ccc(-n2cc3cccc(C(N)=O)c3n2)cc1. The van der Waals surface area contributed by atoms with Gasteiger partial charge in [-0.1, -0.05) is 25.0 Å². The molecule has 1 aliphatic heterocycles. The summed E-state index contributed by atoms with van der Waals surface area (Å²) in [4.78, 5) is 26.4. The van der Waals surface area contributed by atoms with Crippen LogP contribution in [0.3, 0.4) is 0 Å². The third kappa shape index (κ3) is 4.00. The Balaban J connectivity index is 1.52. The van der Waals surface area contributed by atoms with Crippen molar-refractivity contribution in [3.05, 3.63) is 54.2 Å². The molecule has 1 unspecified atom stereocenters. The van der Waals surface area contributed by atoms with Gasteiger partial charge >= 0.3 is 0 Å². The molecule has 7 nitrogen and oxygen atoms in total. The minimum absolute atomic E-state index is 0.0399. The second-order valence-electron chi connectivity index (χ2n) is 7.56. The third-order valence-corrected chi connectivity index (χ3v) is 5.52. The number of aromatic nitrogens is 2. The number of likely N-dealkylation sites (N-methyl/N-ethyl adjacent to an activating group) is 1. The van der Waals surface area contributed by atoms with Crippen molar-refractivity contribution >= 4 is 28.4 Å². The summed E-state index contributed by atoms with van der Waals surface area (Å²) in [7, 11) is 2.02. The molecule has 1 saturated heterocycles. The van der Waals surface area contributed by atoms with Gasteiger partial charge in [0.25, 0.3) is 5.91 Å². The Morgan fingerprint density at radius 2 is 1.90 bits per heavy atom. The molecular weight excluding hydrogens is 366 g/mol. The van der Waals surface area contributed by atoms with Crippen LogP contribution in [0.15, 0.2) is 48.7 Å². The molecule has 0 spiro atoms. The van der Waals surface area contributed by atoms with Gasteiger partial charge in [0.05, 0.1) is 17.3 Å². The van der Waals surface area contributed by atoms with E-state index in [9.17, 15) is 9.59 Å². The number of hydrogen-bond acceptors (Lipinski definition) is 4. The number of nitrogens with zero attached hydrogens (tertiary/aromatic N) is 3. The topological polar surface area (TPSA) is 93.3 Å². The molecule has 3 N–H and O–H groups in total. The van der Waals surface area contributed by atoms with Crippen molar-refractivity contribution in [2.24, 2.45) is 5.73 Å². The van der Waals surface area contributed by atoms with Crippen molar-refractivity contribution in [2.75, 3.05) is 18.9 Å². The monoisotopic (exact) mass is 391 g/mol. The molecule has 2 aromatic carbocycles. The Hall–Kier alpha value is -3.19. The maximum absolute atomic E-state index is 12.7. The fourth-order valence-electron chi connectivity index (χ4n) is 3.88. The molecule has 29 heavy (non-hydrogen) atoms. The van der Waals surface area contributed by atoms with Crippen molar-refractivity contribution in [2.45, 2.75) is 31.7 Å². The van der Waals surface area contributed by atoms with Crippen LogP contribution in [0, 0.1) is 0 Å². The molecule has 1 fully saturated rings. The van der Waals surface area contributed by atoms with Gasteiger partial charge in [-0.25, -0.2) is 4.68 Å². The molecular formula is C22H25N5O2. The van der Waals surface area contributed by atoms with Crippen LogP contribution in [0.4, 0.5) is 5.69 Å². The number of carbonyl (C=O) groups is 2. The second-order valence-corrected chi connectivity index (χ2v) is 7.56. The fourth-order valence-corrected chi connectivity index (χ4v) is 3.88. The summed E-state index contributed by atoms with van der Waals surface area (Å²) in [6, 6.07) is 12.8. The average molecular weight is 391 g/mol. The number of nitrogens with one attached hydrogen (secondary N) is 1. The smallest absolute Gasteiger partial charge is 0.250 e. The number of nitrogens with two attached hydrogens (primary N) is 1. The molecule has 7 heteroatoms. The Bertz CT molecular complexity index is 1040. The van der Waals surface area contributed by atoms with Gasteiger partial charge < -0.3 is 11.1 Å². The first-order valence-electron chi connectivity index (χ1n) is 9.92. The molecule has 1 atom stereocenters. The third-order valence-electron chi connectivity index (χ3n) is 5.52. The highest BCUT2D eigenvalue weighted by Gasteiger charge is 2.24. The lowest BCUT2D eigenvalue weighted by Gasteiger charge is -2.24. The van der Waals surface area contributed by atoms with Gasteiger partial charge in [-0.2, -0.15) is 5.10 Å². The first-order chi connectivity index (χ1) is 14.0. The zero-order valence-corrected chi connectivity index (χ0v) is 16.5. The highest BCUT2D eigenvalue weighted by molar-refractivity contribution is 6.04. The summed E-state index contributed by atoms with van der Waals surface area (Å²) >= 11 is 0. The highest BCUT2D eigenvalue weighted by Crippen LogP contribution is 2.21. The Labute approximate surface area is 169 Å². The zero-order chi connectivity index (χ0) is 20.4. The van der Waals surface area contributed by atoms with Crippen molar-refractivity contribution in [3.63, 3.8) is 0 Å². The van der Waals surface area contributed by atoms with Crippen molar-refractivity contribution < 1.29 is 9.59 Å². The molecule has 1 aromatic heterocycles. The molecule has 0 saturated carbocycles. The Kier molecular flexibility index (Phi) is 5.31. The van der Waals surface area contributed by atoms with E-state index in [2.05, 4.69) is 15.3 Å². The Morgan fingerprint density at radius 1 is 1.10 bits per heavy atom. The maximum atomic E-state index is 12.7. The lowest BCUT2D eigenvalue weighted by Crippen LogP contribution is -2.41. The van der Waals surface area contributed by atoms with E-state index in [0.29, 0.717) is 11.1 Å².